The normalized spacial score (nSPS) is 11.0. The van der Waals surface area contributed by atoms with E-state index in [2.05, 4.69) is 20.3 Å². The fraction of sp³-hybridized carbons (Fsp3) is 0.0435. The smallest absolute Gasteiger partial charge is 0.133 e. The Balaban J connectivity index is 1.54. The van der Waals surface area contributed by atoms with Gasteiger partial charge in [0.15, 0.2) is 0 Å². The van der Waals surface area contributed by atoms with Gasteiger partial charge in [-0.3, -0.25) is 9.67 Å². The minimum atomic E-state index is -0.607. The molecule has 0 aliphatic rings. The van der Waals surface area contributed by atoms with Gasteiger partial charge < -0.3 is 5.32 Å². The molecule has 0 aliphatic heterocycles. The molecular weight excluding hydrogens is 398 g/mol. The van der Waals surface area contributed by atoms with Gasteiger partial charge in [-0.1, -0.05) is 24.3 Å². The van der Waals surface area contributed by atoms with Crippen molar-refractivity contribution >= 4 is 22.4 Å². The van der Waals surface area contributed by atoms with Crippen molar-refractivity contribution in [3.05, 3.63) is 96.6 Å². The molecule has 1 N–H and O–H groups in total. The summed E-state index contributed by atoms with van der Waals surface area (Å²) in [6.45, 7) is 0.172. The minimum absolute atomic E-state index is 0.172. The molecule has 0 amide bonds. The molecule has 5 aromatic rings. The Bertz CT molecular complexity index is 1370. The zero-order chi connectivity index (χ0) is 21.2. The van der Waals surface area contributed by atoms with Crippen LogP contribution in [0.15, 0.2) is 79.4 Å². The zero-order valence-electron chi connectivity index (χ0n) is 16.2. The molecule has 152 valence electrons. The van der Waals surface area contributed by atoms with Crippen molar-refractivity contribution in [2.24, 2.45) is 0 Å². The zero-order valence-corrected chi connectivity index (χ0v) is 16.2. The van der Waals surface area contributed by atoms with Crippen molar-refractivity contribution in [2.75, 3.05) is 5.32 Å². The van der Waals surface area contributed by atoms with E-state index in [0.717, 1.165) is 22.7 Å². The SMILES string of the molecule is Fc1ccc(Cn2nc(-c3cc(Nc4ccncn4)ccn3)c3ccccc32)c(F)c1. The fourth-order valence-electron chi connectivity index (χ4n) is 3.40. The highest BCUT2D eigenvalue weighted by Gasteiger charge is 2.15. The van der Waals surface area contributed by atoms with Crippen LogP contribution < -0.4 is 5.32 Å². The third-order valence-electron chi connectivity index (χ3n) is 4.85. The number of rotatable bonds is 5. The van der Waals surface area contributed by atoms with E-state index in [9.17, 15) is 8.78 Å². The summed E-state index contributed by atoms with van der Waals surface area (Å²) in [4.78, 5) is 12.6. The molecule has 6 nitrogen and oxygen atoms in total. The van der Waals surface area contributed by atoms with Gasteiger partial charge in [-0.25, -0.2) is 18.7 Å². The molecule has 31 heavy (non-hydrogen) atoms. The first-order chi connectivity index (χ1) is 15.2. The van der Waals surface area contributed by atoms with E-state index in [0.29, 0.717) is 22.8 Å². The van der Waals surface area contributed by atoms with E-state index in [1.807, 2.05) is 36.4 Å². The molecule has 8 heteroatoms. The highest BCUT2D eigenvalue weighted by atomic mass is 19.1. The molecule has 3 heterocycles. The van der Waals surface area contributed by atoms with Crippen LogP contribution in [0.2, 0.25) is 0 Å². The summed E-state index contributed by atoms with van der Waals surface area (Å²) >= 11 is 0. The van der Waals surface area contributed by atoms with Crippen molar-refractivity contribution < 1.29 is 8.78 Å². The number of benzene rings is 2. The molecule has 0 radical (unpaired) electrons. The molecule has 3 aromatic heterocycles. The number of nitrogens with zero attached hydrogens (tertiary/aromatic N) is 5. The van der Waals surface area contributed by atoms with Gasteiger partial charge in [-0.2, -0.15) is 5.10 Å². The first-order valence-electron chi connectivity index (χ1n) is 9.56. The molecule has 0 atom stereocenters. The number of hydrogen-bond acceptors (Lipinski definition) is 5. The number of anilines is 2. The second-order valence-corrected chi connectivity index (χ2v) is 6.91. The van der Waals surface area contributed by atoms with Crippen LogP contribution in [0.4, 0.5) is 20.3 Å². The molecule has 0 fully saturated rings. The van der Waals surface area contributed by atoms with Gasteiger partial charge in [0, 0.05) is 35.1 Å². The summed E-state index contributed by atoms with van der Waals surface area (Å²) in [6, 6.07) is 16.7. The molecule has 0 spiro atoms. The largest absolute Gasteiger partial charge is 0.340 e. The fourth-order valence-corrected chi connectivity index (χ4v) is 3.40. The summed E-state index contributed by atoms with van der Waals surface area (Å²) in [5, 5.41) is 8.80. The number of para-hydroxylation sites is 1. The average Bonchev–Trinajstić information content (AvgIpc) is 3.15. The van der Waals surface area contributed by atoms with Crippen LogP contribution in [-0.2, 0) is 6.54 Å². The van der Waals surface area contributed by atoms with Gasteiger partial charge in [0.2, 0.25) is 0 Å². The summed E-state index contributed by atoms with van der Waals surface area (Å²) in [5.74, 6) is -0.547. The lowest BCUT2D eigenvalue weighted by Crippen LogP contribution is -2.04. The van der Waals surface area contributed by atoms with Gasteiger partial charge >= 0.3 is 0 Å². The van der Waals surface area contributed by atoms with E-state index in [1.54, 1.807) is 23.1 Å². The van der Waals surface area contributed by atoms with Crippen LogP contribution in [0.1, 0.15) is 5.56 Å². The first-order valence-corrected chi connectivity index (χ1v) is 9.56. The number of halogens is 2. The van der Waals surface area contributed by atoms with Crippen molar-refractivity contribution in [3.8, 4) is 11.4 Å². The van der Waals surface area contributed by atoms with Crippen molar-refractivity contribution in [1.29, 1.82) is 0 Å². The second-order valence-electron chi connectivity index (χ2n) is 6.91. The number of nitrogens with one attached hydrogen (secondary N) is 1. The van der Waals surface area contributed by atoms with Crippen LogP contribution in [0, 0.1) is 11.6 Å². The van der Waals surface area contributed by atoms with Crippen LogP contribution in [0.5, 0.6) is 0 Å². The molecule has 0 saturated heterocycles. The number of hydrogen-bond donors (Lipinski definition) is 1. The van der Waals surface area contributed by atoms with Gasteiger partial charge in [0.05, 0.1) is 17.8 Å². The lowest BCUT2D eigenvalue weighted by molar-refractivity contribution is 0.561. The Morgan fingerprint density at radius 3 is 2.65 bits per heavy atom. The van der Waals surface area contributed by atoms with Gasteiger partial charge in [-0.05, 0) is 30.3 Å². The Morgan fingerprint density at radius 2 is 1.81 bits per heavy atom. The molecule has 0 bridgehead atoms. The predicted octanol–water partition coefficient (Wildman–Crippen LogP) is 4.96. The Morgan fingerprint density at radius 1 is 0.903 bits per heavy atom. The minimum Gasteiger partial charge on any atom is -0.340 e. The second kappa shape index (κ2) is 7.91. The van der Waals surface area contributed by atoms with Gasteiger partial charge in [0.1, 0.15) is 29.5 Å². The molecular formula is C23H16F2N6. The molecule has 5 rings (SSSR count). The molecule has 0 saturated carbocycles. The average molecular weight is 414 g/mol. The highest BCUT2D eigenvalue weighted by Crippen LogP contribution is 2.29. The summed E-state index contributed by atoms with van der Waals surface area (Å²) in [7, 11) is 0. The Labute approximate surface area is 176 Å². The van der Waals surface area contributed by atoms with Crippen LogP contribution >= 0.6 is 0 Å². The number of fused-ring (bicyclic) bond motifs is 1. The van der Waals surface area contributed by atoms with Crippen molar-refractivity contribution in [1.82, 2.24) is 24.7 Å². The van der Waals surface area contributed by atoms with Gasteiger partial charge in [0.25, 0.3) is 0 Å². The standard InChI is InChI=1S/C23H16F2N6/c24-16-6-5-15(19(25)11-16)13-31-21-4-2-1-3-18(21)23(30-31)20-12-17(7-10-27-20)29-22-8-9-26-14-28-22/h1-12,14H,13H2,(H,26,27,28,29). The van der Waals surface area contributed by atoms with Crippen molar-refractivity contribution in [3.63, 3.8) is 0 Å². The van der Waals surface area contributed by atoms with E-state index >= 15 is 0 Å². The Kier molecular flexibility index (Phi) is 4.80. The van der Waals surface area contributed by atoms with Crippen LogP contribution in [0.25, 0.3) is 22.3 Å². The third-order valence-corrected chi connectivity index (χ3v) is 4.85. The predicted molar refractivity (Wildman–Crippen MR) is 114 cm³/mol. The maximum Gasteiger partial charge on any atom is 0.133 e. The maximum atomic E-state index is 14.2. The van der Waals surface area contributed by atoms with E-state index in [-0.39, 0.29) is 6.54 Å². The van der Waals surface area contributed by atoms with Gasteiger partial charge in [-0.15, -0.1) is 0 Å². The summed E-state index contributed by atoms with van der Waals surface area (Å²) in [6.07, 6.45) is 4.81. The lowest BCUT2D eigenvalue weighted by Gasteiger charge is -2.06. The Hall–Kier alpha value is -4.20. The summed E-state index contributed by atoms with van der Waals surface area (Å²) in [5.41, 5.74) is 3.32. The van der Waals surface area contributed by atoms with E-state index in [4.69, 9.17) is 5.10 Å². The number of aromatic nitrogens is 5. The van der Waals surface area contributed by atoms with Crippen LogP contribution in [0.3, 0.4) is 0 Å². The monoisotopic (exact) mass is 414 g/mol. The number of pyridine rings is 1. The van der Waals surface area contributed by atoms with Crippen molar-refractivity contribution in [2.45, 2.75) is 6.54 Å². The maximum absolute atomic E-state index is 14.2. The van der Waals surface area contributed by atoms with E-state index in [1.165, 1.54) is 18.5 Å². The van der Waals surface area contributed by atoms with E-state index < -0.39 is 11.6 Å². The van der Waals surface area contributed by atoms with Crippen LogP contribution in [-0.4, -0.2) is 24.7 Å². The highest BCUT2D eigenvalue weighted by molar-refractivity contribution is 5.92. The molecule has 2 aromatic carbocycles. The molecule has 0 unspecified atom stereocenters. The first kappa shape index (κ1) is 18.8. The lowest BCUT2D eigenvalue weighted by atomic mass is 10.1. The summed E-state index contributed by atoms with van der Waals surface area (Å²) < 4.78 is 29.2. The quantitative estimate of drug-likeness (QED) is 0.440. The molecule has 0 aliphatic carbocycles. The third kappa shape index (κ3) is 3.83. The topological polar surface area (TPSA) is 68.5 Å².